The number of carbonyl (C=O) groups excluding carboxylic acids is 1. The first-order valence-electron chi connectivity index (χ1n) is 3.97. The van der Waals surface area contributed by atoms with Gasteiger partial charge in [-0.3, -0.25) is 4.79 Å². The molecule has 0 aromatic heterocycles. The number of amides is 1. The minimum absolute atomic E-state index is 0.286. The maximum Gasteiger partial charge on any atom is 0.209 e. The summed E-state index contributed by atoms with van der Waals surface area (Å²) in [6.45, 7) is 0. The molecular formula is C8H14N2O. The van der Waals surface area contributed by atoms with Crippen molar-refractivity contribution in [1.82, 2.24) is 4.90 Å². The van der Waals surface area contributed by atoms with Crippen LogP contribution in [0, 0.1) is 5.41 Å². The summed E-state index contributed by atoms with van der Waals surface area (Å²) in [6, 6.07) is 0.286. The monoisotopic (exact) mass is 154 g/mol. The van der Waals surface area contributed by atoms with Crippen molar-refractivity contribution < 1.29 is 4.79 Å². The third-order valence-electron chi connectivity index (χ3n) is 2.24. The van der Waals surface area contributed by atoms with Crippen LogP contribution in [0.3, 0.4) is 0 Å². The van der Waals surface area contributed by atoms with E-state index < -0.39 is 0 Å². The van der Waals surface area contributed by atoms with Gasteiger partial charge in [-0.2, -0.15) is 0 Å². The third-order valence-corrected chi connectivity index (χ3v) is 2.24. The van der Waals surface area contributed by atoms with E-state index in [1.807, 2.05) is 0 Å². The molecule has 0 bridgehead atoms. The molecule has 1 atom stereocenters. The number of nitrogens with zero attached hydrogens (tertiary/aromatic N) is 1. The summed E-state index contributed by atoms with van der Waals surface area (Å²) < 4.78 is 0. The van der Waals surface area contributed by atoms with Gasteiger partial charge in [0.2, 0.25) is 6.41 Å². The Morgan fingerprint density at radius 1 is 1.73 bits per heavy atom. The number of hydrogen-bond acceptors (Lipinski definition) is 2. The molecule has 3 heteroatoms. The van der Waals surface area contributed by atoms with Gasteiger partial charge in [-0.05, 0) is 19.3 Å². The number of rotatable bonds is 2. The highest BCUT2D eigenvalue weighted by atomic mass is 16.1. The van der Waals surface area contributed by atoms with Crippen molar-refractivity contribution in [2.75, 3.05) is 7.05 Å². The molecule has 1 fully saturated rings. The van der Waals surface area contributed by atoms with Crippen LogP contribution in [-0.2, 0) is 4.79 Å². The van der Waals surface area contributed by atoms with Gasteiger partial charge in [-0.1, -0.05) is 0 Å². The lowest BCUT2D eigenvalue weighted by Crippen LogP contribution is -2.34. The average Bonchev–Trinajstić information content (AvgIpc) is 2.03. The van der Waals surface area contributed by atoms with Gasteiger partial charge < -0.3 is 10.3 Å². The Labute approximate surface area is 66.9 Å². The molecular weight excluding hydrogens is 140 g/mol. The molecule has 0 aliphatic heterocycles. The SMILES string of the molecule is CN(C=O)[C@@H]1CCCC(=N)C1. The van der Waals surface area contributed by atoms with Gasteiger partial charge in [0, 0.05) is 25.2 Å². The summed E-state index contributed by atoms with van der Waals surface area (Å²) >= 11 is 0. The Balaban J connectivity index is 2.45. The Morgan fingerprint density at radius 3 is 3.00 bits per heavy atom. The highest BCUT2D eigenvalue weighted by Gasteiger charge is 2.19. The zero-order valence-electron chi connectivity index (χ0n) is 6.84. The normalized spacial score (nSPS) is 24.8. The van der Waals surface area contributed by atoms with E-state index in [-0.39, 0.29) is 6.04 Å². The van der Waals surface area contributed by atoms with E-state index in [2.05, 4.69) is 0 Å². The van der Waals surface area contributed by atoms with E-state index in [9.17, 15) is 4.79 Å². The van der Waals surface area contributed by atoms with Crippen molar-refractivity contribution in [2.45, 2.75) is 31.7 Å². The van der Waals surface area contributed by atoms with E-state index >= 15 is 0 Å². The predicted molar refractivity (Wildman–Crippen MR) is 43.8 cm³/mol. The van der Waals surface area contributed by atoms with E-state index in [4.69, 9.17) is 5.41 Å². The second kappa shape index (κ2) is 3.51. The van der Waals surface area contributed by atoms with Gasteiger partial charge in [0.25, 0.3) is 0 Å². The largest absolute Gasteiger partial charge is 0.345 e. The summed E-state index contributed by atoms with van der Waals surface area (Å²) in [5.74, 6) is 0. The first kappa shape index (κ1) is 8.24. The smallest absolute Gasteiger partial charge is 0.209 e. The highest BCUT2D eigenvalue weighted by molar-refractivity contribution is 5.82. The van der Waals surface area contributed by atoms with Crippen LogP contribution < -0.4 is 0 Å². The Morgan fingerprint density at radius 2 is 2.45 bits per heavy atom. The first-order valence-corrected chi connectivity index (χ1v) is 3.97. The van der Waals surface area contributed by atoms with Crippen LogP contribution in [0.4, 0.5) is 0 Å². The molecule has 1 saturated carbocycles. The second-order valence-electron chi connectivity index (χ2n) is 3.12. The molecule has 1 amide bonds. The van der Waals surface area contributed by atoms with Crippen molar-refractivity contribution in [3.63, 3.8) is 0 Å². The van der Waals surface area contributed by atoms with E-state index in [0.717, 1.165) is 37.8 Å². The van der Waals surface area contributed by atoms with E-state index in [1.54, 1.807) is 11.9 Å². The molecule has 3 nitrogen and oxygen atoms in total. The van der Waals surface area contributed by atoms with Gasteiger partial charge in [0.15, 0.2) is 0 Å². The molecule has 1 N–H and O–H groups in total. The molecule has 11 heavy (non-hydrogen) atoms. The minimum atomic E-state index is 0.286. The number of hydrogen-bond donors (Lipinski definition) is 1. The van der Waals surface area contributed by atoms with Crippen molar-refractivity contribution in [3.8, 4) is 0 Å². The zero-order valence-corrected chi connectivity index (χ0v) is 6.84. The fourth-order valence-corrected chi connectivity index (χ4v) is 1.47. The fourth-order valence-electron chi connectivity index (χ4n) is 1.47. The Kier molecular flexibility index (Phi) is 2.63. The van der Waals surface area contributed by atoms with Crippen molar-refractivity contribution in [3.05, 3.63) is 0 Å². The molecule has 1 rings (SSSR count). The van der Waals surface area contributed by atoms with Gasteiger partial charge in [0.1, 0.15) is 0 Å². The van der Waals surface area contributed by atoms with E-state index in [0.29, 0.717) is 0 Å². The van der Waals surface area contributed by atoms with Crippen LogP contribution in [-0.4, -0.2) is 30.1 Å². The molecule has 62 valence electrons. The molecule has 0 spiro atoms. The molecule has 1 aliphatic carbocycles. The number of nitrogens with one attached hydrogen (secondary N) is 1. The van der Waals surface area contributed by atoms with Crippen LogP contribution in [0.5, 0.6) is 0 Å². The van der Waals surface area contributed by atoms with Crippen molar-refractivity contribution in [2.24, 2.45) is 0 Å². The zero-order chi connectivity index (χ0) is 8.27. The Bertz CT molecular complexity index is 167. The van der Waals surface area contributed by atoms with Crippen molar-refractivity contribution in [1.29, 1.82) is 5.41 Å². The van der Waals surface area contributed by atoms with Crippen LogP contribution >= 0.6 is 0 Å². The summed E-state index contributed by atoms with van der Waals surface area (Å²) in [5, 5.41) is 7.44. The van der Waals surface area contributed by atoms with Crippen LogP contribution in [0.15, 0.2) is 0 Å². The lowest BCUT2D eigenvalue weighted by atomic mass is 9.93. The molecule has 0 aromatic carbocycles. The lowest BCUT2D eigenvalue weighted by Gasteiger charge is -2.28. The standard InChI is InChI=1S/C8H14N2O/c1-10(6-11)8-4-2-3-7(9)5-8/h6,8-9H,2-5H2,1H3/t8-/m1/s1. The molecule has 0 aromatic rings. The van der Waals surface area contributed by atoms with Crippen LogP contribution in [0.2, 0.25) is 0 Å². The summed E-state index contributed by atoms with van der Waals surface area (Å²) in [5.41, 5.74) is 0.787. The first-order chi connectivity index (χ1) is 5.24. The van der Waals surface area contributed by atoms with Crippen LogP contribution in [0.1, 0.15) is 25.7 Å². The molecule has 0 saturated heterocycles. The van der Waals surface area contributed by atoms with Gasteiger partial charge >= 0.3 is 0 Å². The van der Waals surface area contributed by atoms with Crippen LogP contribution in [0.25, 0.3) is 0 Å². The number of carbonyl (C=O) groups is 1. The minimum Gasteiger partial charge on any atom is -0.345 e. The summed E-state index contributed by atoms with van der Waals surface area (Å²) in [7, 11) is 1.79. The van der Waals surface area contributed by atoms with Gasteiger partial charge in [-0.25, -0.2) is 0 Å². The summed E-state index contributed by atoms with van der Waals surface area (Å²) in [6.07, 6.45) is 4.65. The molecule has 1 aliphatic rings. The predicted octanol–water partition coefficient (Wildman–Crippen LogP) is 1.04. The van der Waals surface area contributed by atoms with Crippen molar-refractivity contribution >= 4 is 12.1 Å². The Hall–Kier alpha value is -0.860. The summed E-state index contributed by atoms with van der Waals surface area (Å²) in [4.78, 5) is 12.0. The van der Waals surface area contributed by atoms with Gasteiger partial charge in [0.05, 0.1) is 0 Å². The highest BCUT2D eigenvalue weighted by Crippen LogP contribution is 2.18. The maximum atomic E-state index is 10.4. The van der Waals surface area contributed by atoms with Gasteiger partial charge in [-0.15, -0.1) is 0 Å². The second-order valence-corrected chi connectivity index (χ2v) is 3.12. The molecule has 0 radical (unpaired) electrons. The maximum absolute atomic E-state index is 10.4. The molecule has 0 heterocycles. The topological polar surface area (TPSA) is 44.2 Å². The fraction of sp³-hybridized carbons (Fsp3) is 0.750. The average molecular weight is 154 g/mol. The third kappa shape index (κ3) is 2.03. The quantitative estimate of drug-likeness (QED) is 0.593. The lowest BCUT2D eigenvalue weighted by molar-refractivity contribution is -0.118. The van der Waals surface area contributed by atoms with E-state index in [1.165, 1.54) is 0 Å². The molecule has 0 unspecified atom stereocenters.